The van der Waals surface area contributed by atoms with E-state index in [1.165, 1.54) is 0 Å². The molecule has 2 radical (unpaired) electrons. The lowest BCUT2D eigenvalue weighted by molar-refractivity contribution is -0.153. The van der Waals surface area contributed by atoms with Gasteiger partial charge in [-0.25, -0.2) is 4.79 Å². The summed E-state index contributed by atoms with van der Waals surface area (Å²) in [6.45, 7) is 2.41. The quantitative estimate of drug-likeness (QED) is 0.663. The molecule has 2 bridgehead atoms. The van der Waals surface area contributed by atoms with Crippen molar-refractivity contribution in [3.05, 3.63) is 35.9 Å². The first-order valence-electron chi connectivity index (χ1n) is 8.06. The van der Waals surface area contributed by atoms with E-state index in [2.05, 4.69) is 5.32 Å². The van der Waals surface area contributed by atoms with Crippen LogP contribution in [0.3, 0.4) is 0 Å². The number of hydrogen-bond acceptors (Lipinski definition) is 4. The Balaban J connectivity index is 1.68. The molecule has 0 aromatic heterocycles. The second-order valence-corrected chi connectivity index (χ2v) is 6.52. The molecule has 2 heterocycles. The van der Waals surface area contributed by atoms with Crippen LogP contribution in [-0.2, 0) is 20.9 Å². The van der Waals surface area contributed by atoms with Gasteiger partial charge in [0, 0.05) is 25.5 Å². The Morgan fingerprint density at radius 3 is 2.88 bits per heavy atom. The predicted octanol–water partition coefficient (Wildman–Crippen LogP) is 1.04. The van der Waals surface area contributed by atoms with Crippen LogP contribution in [0.2, 0.25) is 0 Å². The Bertz CT molecular complexity index is 626. The van der Waals surface area contributed by atoms with E-state index in [0.717, 1.165) is 5.56 Å². The molecule has 3 rings (SSSR count). The van der Waals surface area contributed by atoms with E-state index < -0.39 is 11.6 Å². The lowest BCUT2D eigenvalue weighted by Gasteiger charge is -2.31. The van der Waals surface area contributed by atoms with Gasteiger partial charge in [-0.2, -0.15) is 0 Å². The highest BCUT2D eigenvalue weighted by Gasteiger charge is 2.56. The minimum atomic E-state index is -0.835. The highest BCUT2D eigenvalue weighted by atomic mass is 16.5. The van der Waals surface area contributed by atoms with Crippen LogP contribution in [0.25, 0.3) is 0 Å². The molecule has 2 saturated heterocycles. The Kier molecular flexibility index (Phi) is 4.54. The summed E-state index contributed by atoms with van der Waals surface area (Å²) in [6, 6.07) is 8.40. The Morgan fingerprint density at radius 2 is 2.17 bits per heavy atom. The summed E-state index contributed by atoms with van der Waals surface area (Å²) in [5.74, 6) is -0.446. The summed E-state index contributed by atoms with van der Waals surface area (Å²) < 4.78 is 11.3. The third-order valence-corrected chi connectivity index (χ3v) is 5.04. The SMILES string of the molecule is [B][C@@H]1O[C@@]2(CC(=O)OCc3ccccc3)CNC(=O)N(C)[C@H]1C2C. The van der Waals surface area contributed by atoms with Crippen LogP contribution >= 0.6 is 0 Å². The number of nitrogens with one attached hydrogen (secondary N) is 1. The monoisotopic (exact) mass is 328 g/mol. The molecule has 1 aromatic carbocycles. The number of benzene rings is 1. The summed E-state index contributed by atoms with van der Waals surface area (Å²) in [5.41, 5.74) is 0.0883. The number of fused-ring (bicyclic) bond motifs is 2. The average molecular weight is 328 g/mol. The number of likely N-dealkylation sites (N-methyl/N-ethyl adjacent to an activating group) is 1. The van der Waals surface area contributed by atoms with Crippen LogP contribution in [0, 0.1) is 5.92 Å². The largest absolute Gasteiger partial charge is 0.461 e. The van der Waals surface area contributed by atoms with E-state index in [1.807, 2.05) is 37.3 Å². The molecule has 126 valence electrons. The van der Waals surface area contributed by atoms with E-state index in [-0.39, 0.29) is 43.5 Å². The molecule has 2 aliphatic rings. The molecule has 4 atom stereocenters. The molecule has 24 heavy (non-hydrogen) atoms. The van der Waals surface area contributed by atoms with Gasteiger partial charge in [0.05, 0.1) is 18.1 Å². The first kappa shape index (κ1) is 16.8. The van der Waals surface area contributed by atoms with Crippen molar-refractivity contribution in [2.45, 2.75) is 37.6 Å². The fraction of sp³-hybridized carbons (Fsp3) is 0.529. The first-order chi connectivity index (χ1) is 11.4. The highest BCUT2D eigenvalue weighted by molar-refractivity contribution is 6.12. The standard InChI is InChI=1S/C17H21BN2O4/c1-11-14-15(18)24-17(11,10-19-16(22)20(14)2)8-13(21)23-9-12-6-4-3-5-7-12/h3-7,11,14-15H,8-10H2,1-2H3,(H,19,22)/t11?,14-,15+,17-/m0/s1. The van der Waals surface area contributed by atoms with Crippen LogP contribution in [0.5, 0.6) is 0 Å². The van der Waals surface area contributed by atoms with Crippen molar-refractivity contribution >= 4 is 19.8 Å². The Hall–Kier alpha value is -2.02. The van der Waals surface area contributed by atoms with Gasteiger partial charge in [-0.3, -0.25) is 4.79 Å². The number of hydrogen-bond donors (Lipinski definition) is 1. The van der Waals surface area contributed by atoms with Crippen LogP contribution in [0.15, 0.2) is 30.3 Å². The van der Waals surface area contributed by atoms with Crippen molar-refractivity contribution in [2.75, 3.05) is 13.6 Å². The van der Waals surface area contributed by atoms with Crippen molar-refractivity contribution in [2.24, 2.45) is 5.92 Å². The van der Waals surface area contributed by atoms with E-state index in [0.29, 0.717) is 0 Å². The number of carbonyl (C=O) groups is 2. The van der Waals surface area contributed by atoms with E-state index >= 15 is 0 Å². The smallest absolute Gasteiger partial charge is 0.317 e. The zero-order valence-electron chi connectivity index (χ0n) is 13.9. The first-order valence-corrected chi connectivity index (χ1v) is 8.06. The lowest BCUT2D eigenvalue weighted by Crippen LogP contribution is -2.50. The van der Waals surface area contributed by atoms with Gasteiger partial charge in [0.25, 0.3) is 0 Å². The summed E-state index contributed by atoms with van der Waals surface area (Å²) >= 11 is 0. The molecule has 7 heteroatoms. The number of esters is 1. The van der Waals surface area contributed by atoms with Crippen LogP contribution < -0.4 is 5.32 Å². The van der Waals surface area contributed by atoms with E-state index in [1.54, 1.807) is 11.9 Å². The van der Waals surface area contributed by atoms with E-state index in [4.69, 9.17) is 17.3 Å². The minimum absolute atomic E-state index is 0.0549. The van der Waals surface area contributed by atoms with Crippen molar-refractivity contribution in [3.63, 3.8) is 0 Å². The normalized spacial score (nSPS) is 32.2. The van der Waals surface area contributed by atoms with Crippen molar-refractivity contribution in [1.82, 2.24) is 10.2 Å². The van der Waals surface area contributed by atoms with Gasteiger partial charge in [0.1, 0.15) is 14.5 Å². The zero-order valence-corrected chi connectivity index (χ0v) is 13.9. The maximum atomic E-state index is 12.3. The van der Waals surface area contributed by atoms with Crippen molar-refractivity contribution in [1.29, 1.82) is 0 Å². The summed E-state index contributed by atoms with van der Waals surface area (Å²) in [5, 5.41) is 2.80. The maximum absolute atomic E-state index is 12.3. The lowest BCUT2D eigenvalue weighted by atomic mass is 9.79. The fourth-order valence-electron chi connectivity index (χ4n) is 3.59. The van der Waals surface area contributed by atoms with Crippen LogP contribution in [0.1, 0.15) is 18.9 Å². The summed E-state index contributed by atoms with van der Waals surface area (Å²) in [6.07, 6.45) is 0.0549. The third-order valence-electron chi connectivity index (χ3n) is 5.04. The van der Waals surface area contributed by atoms with Gasteiger partial charge in [-0.15, -0.1) is 0 Å². The molecule has 0 spiro atoms. The summed E-state index contributed by atoms with van der Waals surface area (Å²) in [7, 11) is 7.75. The van der Waals surface area contributed by atoms with Crippen molar-refractivity contribution in [3.8, 4) is 0 Å². The second kappa shape index (κ2) is 6.47. The average Bonchev–Trinajstić information content (AvgIpc) is 2.76. The van der Waals surface area contributed by atoms with Crippen molar-refractivity contribution < 1.29 is 19.1 Å². The molecule has 0 saturated carbocycles. The molecule has 2 amide bonds. The number of amides is 2. The van der Waals surface area contributed by atoms with Crippen LogP contribution in [0.4, 0.5) is 4.79 Å². The second-order valence-electron chi connectivity index (χ2n) is 6.52. The molecule has 1 N–H and O–H groups in total. The van der Waals surface area contributed by atoms with Gasteiger partial charge < -0.3 is 19.7 Å². The maximum Gasteiger partial charge on any atom is 0.317 e. The summed E-state index contributed by atoms with van der Waals surface area (Å²) in [4.78, 5) is 25.9. The fourth-order valence-corrected chi connectivity index (χ4v) is 3.59. The van der Waals surface area contributed by atoms with Gasteiger partial charge in [-0.1, -0.05) is 37.3 Å². The third kappa shape index (κ3) is 3.00. The number of nitrogens with zero attached hydrogens (tertiary/aromatic N) is 1. The molecule has 1 aromatic rings. The molecule has 0 aliphatic carbocycles. The Morgan fingerprint density at radius 1 is 1.46 bits per heavy atom. The molecular weight excluding hydrogens is 307 g/mol. The van der Waals surface area contributed by atoms with Gasteiger partial charge in [-0.05, 0) is 5.56 Å². The molecule has 2 aliphatic heterocycles. The highest BCUT2D eigenvalue weighted by Crippen LogP contribution is 2.41. The molecule has 2 fully saturated rings. The van der Waals surface area contributed by atoms with Crippen LogP contribution in [-0.4, -0.2) is 56.0 Å². The molecular formula is C17H21BN2O4. The number of ether oxygens (including phenoxy) is 2. The van der Waals surface area contributed by atoms with Gasteiger partial charge >= 0.3 is 12.0 Å². The minimum Gasteiger partial charge on any atom is -0.461 e. The number of rotatable bonds is 4. The topological polar surface area (TPSA) is 67.9 Å². The van der Waals surface area contributed by atoms with E-state index in [9.17, 15) is 9.59 Å². The Labute approximate surface area is 142 Å². The zero-order chi connectivity index (χ0) is 17.3. The number of carbonyl (C=O) groups excluding carboxylic acids is 2. The predicted molar refractivity (Wildman–Crippen MR) is 88.3 cm³/mol. The number of urea groups is 1. The molecule has 1 unspecified atom stereocenters. The van der Waals surface area contributed by atoms with Gasteiger partial charge in [0.2, 0.25) is 0 Å². The molecule has 6 nitrogen and oxygen atoms in total. The van der Waals surface area contributed by atoms with Gasteiger partial charge in [0.15, 0.2) is 0 Å².